The third kappa shape index (κ3) is 1.50. The summed E-state index contributed by atoms with van der Waals surface area (Å²) in [6, 6.07) is 0. The van der Waals surface area contributed by atoms with Crippen molar-refractivity contribution in [2.45, 2.75) is 40.2 Å². The van der Waals surface area contributed by atoms with Gasteiger partial charge in [0.25, 0.3) is 0 Å². The fraction of sp³-hybridized carbons (Fsp3) is 0.818. The van der Waals surface area contributed by atoms with Crippen LogP contribution in [0.1, 0.15) is 34.6 Å². The molecule has 1 saturated heterocycles. The van der Waals surface area contributed by atoms with Crippen LogP contribution < -0.4 is 0 Å². The van der Waals surface area contributed by atoms with Crippen molar-refractivity contribution < 1.29 is 24.5 Å². The van der Waals surface area contributed by atoms with Crippen molar-refractivity contribution in [3.05, 3.63) is 0 Å². The van der Waals surface area contributed by atoms with E-state index in [1.54, 1.807) is 0 Å². The van der Waals surface area contributed by atoms with E-state index in [0.29, 0.717) is 0 Å². The van der Waals surface area contributed by atoms with Gasteiger partial charge in [-0.3, -0.25) is 0 Å². The van der Waals surface area contributed by atoms with Crippen molar-refractivity contribution in [2.75, 3.05) is 7.05 Å². The zero-order valence-electron chi connectivity index (χ0n) is 10.2. The molecule has 0 aromatic carbocycles. The van der Waals surface area contributed by atoms with E-state index in [1.165, 1.54) is 23.4 Å². The number of piperidine rings is 1. The van der Waals surface area contributed by atoms with E-state index >= 15 is 0 Å². The number of rotatable bonds is 0. The summed E-state index contributed by atoms with van der Waals surface area (Å²) in [4.78, 5) is 2.90. The molecule has 1 aliphatic rings. The molecule has 0 aliphatic carbocycles. The summed E-state index contributed by atoms with van der Waals surface area (Å²) in [7, 11) is 2.00. The van der Waals surface area contributed by atoms with Gasteiger partial charge in [0.1, 0.15) is 0 Å². The first-order valence-corrected chi connectivity index (χ1v) is 6.90. The molecule has 0 aromatic rings. The monoisotopic (exact) mass is 397 g/mol. The SMILES string of the molecule is CN1C(=S)C(C)(C)C(C)(O)C(C)(C)[C]1=[W]. The van der Waals surface area contributed by atoms with Gasteiger partial charge in [0, 0.05) is 0 Å². The van der Waals surface area contributed by atoms with Crippen LogP contribution in [0.5, 0.6) is 0 Å². The molecule has 4 heteroatoms. The van der Waals surface area contributed by atoms with Crippen molar-refractivity contribution in [3.8, 4) is 0 Å². The van der Waals surface area contributed by atoms with E-state index in [-0.39, 0.29) is 10.8 Å². The van der Waals surface area contributed by atoms with Crippen molar-refractivity contribution in [2.24, 2.45) is 10.8 Å². The molecule has 0 radical (unpaired) electrons. The molecule has 1 heterocycles. The van der Waals surface area contributed by atoms with E-state index < -0.39 is 5.60 Å². The number of nitrogens with zero attached hydrogens (tertiary/aromatic N) is 1. The van der Waals surface area contributed by atoms with Crippen molar-refractivity contribution in [1.82, 2.24) is 4.90 Å². The van der Waals surface area contributed by atoms with Crippen LogP contribution in [0, 0.1) is 10.8 Å². The molecule has 1 fully saturated rings. The molecule has 0 aromatic heterocycles. The Morgan fingerprint density at radius 1 is 1.13 bits per heavy atom. The Labute approximate surface area is 108 Å². The second-order valence-electron chi connectivity index (χ2n) is 5.49. The summed E-state index contributed by atoms with van der Waals surface area (Å²) >= 11 is 6.82. The summed E-state index contributed by atoms with van der Waals surface area (Å²) in [5.74, 6) is 0. The van der Waals surface area contributed by atoms with Crippen LogP contribution in [0.15, 0.2) is 0 Å². The molecule has 2 nitrogen and oxygen atoms in total. The Morgan fingerprint density at radius 3 is 1.93 bits per heavy atom. The van der Waals surface area contributed by atoms with Gasteiger partial charge < -0.3 is 0 Å². The van der Waals surface area contributed by atoms with Gasteiger partial charge in [0.05, 0.1) is 0 Å². The average molecular weight is 397 g/mol. The minimum absolute atomic E-state index is 0.233. The van der Waals surface area contributed by atoms with Gasteiger partial charge in [-0.25, -0.2) is 0 Å². The van der Waals surface area contributed by atoms with Crippen LogP contribution >= 0.6 is 12.2 Å². The van der Waals surface area contributed by atoms with E-state index in [4.69, 9.17) is 12.2 Å². The van der Waals surface area contributed by atoms with Gasteiger partial charge in [0.2, 0.25) is 0 Å². The topological polar surface area (TPSA) is 23.5 Å². The van der Waals surface area contributed by atoms with Crippen LogP contribution in [-0.2, 0) is 19.4 Å². The predicted octanol–water partition coefficient (Wildman–Crippen LogP) is 1.74. The maximum absolute atomic E-state index is 10.8. The van der Waals surface area contributed by atoms with Crippen LogP contribution in [0.3, 0.4) is 0 Å². The van der Waals surface area contributed by atoms with E-state index in [2.05, 4.69) is 18.7 Å². The number of hydrogen-bond acceptors (Lipinski definition) is 2. The third-order valence-corrected chi connectivity index (χ3v) is 7.71. The molecule has 1 N–H and O–H groups in total. The van der Waals surface area contributed by atoms with Gasteiger partial charge in [-0.15, -0.1) is 0 Å². The first-order valence-electron chi connectivity index (χ1n) is 5.03. The zero-order valence-corrected chi connectivity index (χ0v) is 14.0. The van der Waals surface area contributed by atoms with Crippen LogP contribution in [0.25, 0.3) is 0 Å². The summed E-state index contributed by atoms with van der Waals surface area (Å²) < 4.78 is 1.21. The predicted molar refractivity (Wildman–Crippen MR) is 63.6 cm³/mol. The first-order chi connectivity index (χ1) is 6.48. The molecule has 1 rings (SSSR count). The summed E-state index contributed by atoms with van der Waals surface area (Å²) in [6.07, 6.45) is 0. The maximum atomic E-state index is 10.8. The number of likely N-dealkylation sites (tertiary alicyclic amines) is 1. The molecule has 0 spiro atoms. The minimum atomic E-state index is -0.805. The third-order valence-electron chi connectivity index (χ3n) is 4.11. The van der Waals surface area contributed by atoms with Gasteiger partial charge in [-0.2, -0.15) is 0 Å². The fourth-order valence-electron chi connectivity index (χ4n) is 2.13. The molecule has 86 valence electrons. The van der Waals surface area contributed by atoms with Crippen molar-refractivity contribution >= 4 is 21.2 Å². The van der Waals surface area contributed by atoms with Crippen LogP contribution in [0.2, 0.25) is 0 Å². The second kappa shape index (κ2) is 3.45. The standard InChI is InChI=1S/C11H19NOS.W/c1-9(2)7-12(6)8(14)10(3,4)11(9,5)13;/h13H,1-6H3;. The summed E-state index contributed by atoms with van der Waals surface area (Å²) in [5, 5.41) is 10.8. The van der Waals surface area contributed by atoms with E-state index in [0.717, 1.165) is 4.99 Å². The van der Waals surface area contributed by atoms with E-state index in [9.17, 15) is 5.11 Å². The number of thiocarbonyl (C=S) groups is 1. The Bertz CT molecular complexity index is 303. The summed E-state index contributed by atoms with van der Waals surface area (Å²) in [5.41, 5.74) is -1.41. The number of aliphatic hydroxyl groups is 1. The second-order valence-corrected chi connectivity index (χ2v) is 7.27. The Balaban J connectivity index is 3.40. The fourth-order valence-corrected chi connectivity index (χ4v) is 3.69. The van der Waals surface area contributed by atoms with E-state index in [1.807, 2.05) is 27.8 Å². The molecule has 1 aliphatic heterocycles. The van der Waals surface area contributed by atoms with Gasteiger partial charge in [-0.05, 0) is 0 Å². The van der Waals surface area contributed by atoms with Crippen molar-refractivity contribution in [1.29, 1.82) is 0 Å². The molecule has 0 amide bonds. The molecular weight excluding hydrogens is 378 g/mol. The molecule has 15 heavy (non-hydrogen) atoms. The quantitative estimate of drug-likeness (QED) is 0.631. The van der Waals surface area contributed by atoms with Gasteiger partial charge >= 0.3 is 109 Å². The van der Waals surface area contributed by atoms with Crippen molar-refractivity contribution in [3.63, 3.8) is 0 Å². The Kier molecular flexibility index (Phi) is 3.10. The zero-order chi connectivity index (χ0) is 12.2. The Morgan fingerprint density at radius 2 is 1.53 bits per heavy atom. The molecule has 1 atom stereocenters. The molecule has 1 unspecified atom stereocenters. The van der Waals surface area contributed by atoms with Crippen LogP contribution in [-0.4, -0.2) is 31.7 Å². The average Bonchev–Trinajstić information content (AvgIpc) is 2.12. The molecule has 0 saturated carbocycles. The number of hydrogen-bond donors (Lipinski definition) is 1. The summed E-state index contributed by atoms with van der Waals surface area (Å²) in [6.45, 7) is 10.1. The van der Waals surface area contributed by atoms with Crippen LogP contribution in [0.4, 0.5) is 0 Å². The van der Waals surface area contributed by atoms with Gasteiger partial charge in [-0.1, -0.05) is 0 Å². The van der Waals surface area contributed by atoms with Gasteiger partial charge in [0.15, 0.2) is 0 Å². The molecular formula is C11H19NOSW. The normalized spacial score (nSPS) is 34.5. The Hall–Kier alpha value is 0.408. The molecule has 0 bridgehead atoms. The first kappa shape index (κ1) is 13.5.